The third kappa shape index (κ3) is 3.33. The monoisotopic (exact) mass is 261 g/mol. The molecule has 3 N–H and O–H groups in total. The second-order valence-electron chi connectivity index (χ2n) is 5.32. The van der Waals surface area contributed by atoms with E-state index in [0.29, 0.717) is 19.1 Å². The van der Waals surface area contributed by atoms with Crippen molar-refractivity contribution in [1.29, 1.82) is 0 Å². The zero-order valence-corrected chi connectivity index (χ0v) is 11.8. The Morgan fingerprint density at radius 3 is 2.74 bits per heavy atom. The average molecular weight is 261 g/mol. The van der Waals surface area contributed by atoms with E-state index in [2.05, 4.69) is 10.2 Å². The van der Waals surface area contributed by atoms with Gasteiger partial charge in [0, 0.05) is 18.3 Å². The van der Waals surface area contributed by atoms with Crippen molar-refractivity contribution < 1.29 is 4.79 Å². The van der Waals surface area contributed by atoms with Crippen molar-refractivity contribution in [2.75, 3.05) is 25.0 Å². The lowest BCUT2D eigenvalue weighted by Crippen LogP contribution is -2.40. The van der Waals surface area contributed by atoms with Crippen LogP contribution in [0.3, 0.4) is 0 Å². The molecule has 1 aromatic carbocycles. The van der Waals surface area contributed by atoms with Gasteiger partial charge in [-0.05, 0) is 44.4 Å². The molecule has 0 aliphatic carbocycles. The third-order valence-electron chi connectivity index (χ3n) is 3.86. The van der Waals surface area contributed by atoms with E-state index in [9.17, 15) is 4.79 Å². The van der Waals surface area contributed by atoms with Crippen LogP contribution in [0.1, 0.15) is 24.0 Å². The number of nitrogens with zero attached hydrogens (tertiary/aromatic N) is 1. The lowest BCUT2D eigenvalue weighted by atomic mass is 10.1. The van der Waals surface area contributed by atoms with E-state index in [-0.39, 0.29) is 5.91 Å². The van der Waals surface area contributed by atoms with Crippen molar-refractivity contribution in [3.8, 4) is 0 Å². The lowest BCUT2D eigenvalue weighted by Gasteiger charge is -2.22. The predicted octanol–water partition coefficient (Wildman–Crippen LogP) is 1.67. The number of anilines is 1. The molecule has 19 heavy (non-hydrogen) atoms. The van der Waals surface area contributed by atoms with Gasteiger partial charge in [-0.15, -0.1) is 0 Å². The minimum Gasteiger partial charge on any atom is -0.329 e. The normalized spacial score (nSPS) is 19.6. The van der Waals surface area contributed by atoms with Gasteiger partial charge in [0.1, 0.15) is 0 Å². The largest absolute Gasteiger partial charge is 0.329 e. The van der Waals surface area contributed by atoms with E-state index >= 15 is 0 Å². The van der Waals surface area contributed by atoms with Gasteiger partial charge in [0.15, 0.2) is 0 Å². The predicted molar refractivity (Wildman–Crippen MR) is 78.2 cm³/mol. The van der Waals surface area contributed by atoms with Crippen molar-refractivity contribution in [3.63, 3.8) is 0 Å². The molecule has 1 aliphatic heterocycles. The molecule has 1 aliphatic rings. The Bertz CT molecular complexity index is 438. The fourth-order valence-electron chi connectivity index (χ4n) is 2.75. The number of carbonyl (C=O) groups is 1. The van der Waals surface area contributed by atoms with Gasteiger partial charge in [0.05, 0.1) is 6.54 Å². The van der Waals surface area contributed by atoms with Gasteiger partial charge in [-0.25, -0.2) is 0 Å². The molecule has 1 heterocycles. The number of likely N-dealkylation sites (tertiary alicyclic amines) is 1. The summed E-state index contributed by atoms with van der Waals surface area (Å²) in [6, 6.07) is 6.40. The van der Waals surface area contributed by atoms with Crippen LogP contribution in [-0.4, -0.2) is 36.5 Å². The Labute approximate surface area is 115 Å². The minimum absolute atomic E-state index is 0.0535. The maximum Gasteiger partial charge on any atom is 0.238 e. The van der Waals surface area contributed by atoms with E-state index in [0.717, 1.165) is 36.2 Å². The molecule has 104 valence electrons. The molecule has 0 aromatic heterocycles. The van der Waals surface area contributed by atoms with Gasteiger partial charge in [0.25, 0.3) is 0 Å². The van der Waals surface area contributed by atoms with Gasteiger partial charge in [0.2, 0.25) is 5.91 Å². The summed E-state index contributed by atoms with van der Waals surface area (Å²) in [6.45, 7) is 6.08. The Balaban J connectivity index is 1.98. The number of nitrogens with one attached hydrogen (secondary N) is 1. The van der Waals surface area contributed by atoms with Crippen LogP contribution in [0, 0.1) is 13.8 Å². The number of para-hydroxylation sites is 1. The standard InChI is InChI=1S/C15H23N3O/c1-11-5-3-6-12(2)15(11)17-14(19)10-18-8-4-7-13(18)9-16/h3,5-6,13H,4,7-10,16H2,1-2H3,(H,17,19). The van der Waals surface area contributed by atoms with E-state index in [1.807, 2.05) is 32.0 Å². The highest BCUT2D eigenvalue weighted by molar-refractivity contribution is 5.93. The van der Waals surface area contributed by atoms with E-state index in [1.165, 1.54) is 0 Å². The van der Waals surface area contributed by atoms with E-state index in [4.69, 9.17) is 5.73 Å². The molecule has 1 aromatic rings. The zero-order valence-electron chi connectivity index (χ0n) is 11.8. The molecule has 4 heteroatoms. The molecule has 2 rings (SSSR count). The number of rotatable bonds is 4. The topological polar surface area (TPSA) is 58.4 Å². The van der Waals surface area contributed by atoms with Gasteiger partial charge in [-0.2, -0.15) is 0 Å². The highest BCUT2D eigenvalue weighted by Crippen LogP contribution is 2.20. The Hall–Kier alpha value is -1.39. The number of aryl methyl sites for hydroxylation is 2. The number of hydrogen-bond donors (Lipinski definition) is 2. The van der Waals surface area contributed by atoms with Crippen LogP contribution in [0.25, 0.3) is 0 Å². The molecule has 1 atom stereocenters. The number of nitrogens with two attached hydrogens (primary N) is 1. The molecule has 0 spiro atoms. The molecule has 0 saturated carbocycles. The molecule has 1 fully saturated rings. The molecule has 1 amide bonds. The fourth-order valence-corrected chi connectivity index (χ4v) is 2.75. The van der Waals surface area contributed by atoms with Crippen molar-refractivity contribution >= 4 is 11.6 Å². The van der Waals surface area contributed by atoms with Gasteiger partial charge < -0.3 is 11.1 Å². The average Bonchev–Trinajstić information content (AvgIpc) is 2.81. The Morgan fingerprint density at radius 2 is 2.11 bits per heavy atom. The summed E-state index contributed by atoms with van der Waals surface area (Å²) in [4.78, 5) is 14.3. The third-order valence-corrected chi connectivity index (χ3v) is 3.86. The number of carbonyl (C=O) groups excluding carboxylic acids is 1. The minimum atomic E-state index is 0.0535. The fraction of sp³-hybridized carbons (Fsp3) is 0.533. The summed E-state index contributed by atoms with van der Waals surface area (Å²) in [5.74, 6) is 0.0535. The maximum atomic E-state index is 12.1. The summed E-state index contributed by atoms with van der Waals surface area (Å²) in [7, 11) is 0. The van der Waals surface area contributed by atoms with Crippen molar-refractivity contribution in [3.05, 3.63) is 29.3 Å². The van der Waals surface area contributed by atoms with Crippen molar-refractivity contribution in [2.24, 2.45) is 5.73 Å². The number of benzene rings is 1. The van der Waals surface area contributed by atoms with E-state index in [1.54, 1.807) is 0 Å². The van der Waals surface area contributed by atoms with Crippen LogP contribution in [0.5, 0.6) is 0 Å². The number of hydrogen-bond acceptors (Lipinski definition) is 3. The highest BCUT2D eigenvalue weighted by atomic mass is 16.2. The van der Waals surface area contributed by atoms with Crippen LogP contribution in [-0.2, 0) is 4.79 Å². The van der Waals surface area contributed by atoms with Crippen LogP contribution in [0.4, 0.5) is 5.69 Å². The van der Waals surface area contributed by atoms with Crippen LogP contribution in [0.2, 0.25) is 0 Å². The van der Waals surface area contributed by atoms with Crippen molar-refractivity contribution in [1.82, 2.24) is 4.90 Å². The maximum absolute atomic E-state index is 12.1. The summed E-state index contributed by atoms with van der Waals surface area (Å²) in [6.07, 6.45) is 2.24. The Kier molecular flexibility index (Phi) is 4.56. The summed E-state index contributed by atoms with van der Waals surface area (Å²) in [5, 5.41) is 3.03. The smallest absolute Gasteiger partial charge is 0.238 e. The molecule has 1 saturated heterocycles. The number of amides is 1. The van der Waals surface area contributed by atoms with E-state index < -0.39 is 0 Å². The second kappa shape index (κ2) is 6.17. The van der Waals surface area contributed by atoms with Crippen LogP contribution in [0.15, 0.2) is 18.2 Å². The first-order valence-corrected chi connectivity index (χ1v) is 6.92. The van der Waals surface area contributed by atoms with Gasteiger partial charge in [-0.3, -0.25) is 9.69 Å². The SMILES string of the molecule is Cc1cccc(C)c1NC(=O)CN1CCCC1CN. The molecule has 1 unspecified atom stereocenters. The van der Waals surface area contributed by atoms with Crippen molar-refractivity contribution in [2.45, 2.75) is 32.7 Å². The summed E-state index contributed by atoms with van der Waals surface area (Å²) < 4.78 is 0. The first-order chi connectivity index (χ1) is 9.11. The molecule has 0 bridgehead atoms. The van der Waals surface area contributed by atoms with Crippen LogP contribution >= 0.6 is 0 Å². The quantitative estimate of drug-likeness (QED) is 0.866. The summed E-state index contributed by atoms with van der Waals surface area (Å²) in [5.41, 5.74) is 8.87. The first-order valence-electron chi connectivity index (χ1n) is 6.92. The zero-order chi connectivity index (χ0) is 13.8. The highest BCUT2D eigenvalue weighted by Gasteiger charge is 2.25. The van der Waals surface area contributed by atoms with Gasteiger partial charge >= 0.3 is 0 Å². The summed E-state index contributed by atoms with van der Waals surface area (Å²) >= 11 is 0. The molecular formula is C15H23N3O. The Morgan fingerprint density at radius 1 is 1.42 bits per heavy atom. The molecular weight excluding hydrogens is 238 g/mol. The lowest BCUT2D eigenvalue weighted by molar-refractivity contribution is -0.117. The van der Waals surface area contributed by atoms with Crippen LogP contribution < -0.4 is 11.1 Å². The second-order valence-corrected chi connectivity index (χ2v) is 5.32. The van der Waals surface area contributed by atoms with Gasteiger partial charge in [-0.1, -0.05) is 18.2 Å². The molecule has 4 nitrogen and oxygen atoms in total. The molecule has 0 radical (unpaired) electrons. The first kappa shape index (κ1) is 14.0.